The molecule has 0 aliphatic heterocycles. The lowest BCUT2D eigenvalue weighted by atomic mass is 10.2. The van der Waals surface area contributed by atoms with Gasteiger partial charge in [0.2, 0.25) is 0 Å². The number of nitrogens with one attached hydrogen (secondary N) is 1. The summed E-state index contributed by atoms with van der Waals surface area (Å²) in [6.45, 7) is 1.98. The number of rotatable bonds is 4. The van der Waals surface area contributed by atoms with Gasteiger partial charge in [0.05, 0.1) is 6.61 Å². The summed E-state index contributed by atoms with van der Waals surface area (Å²) in [5.74, 6) is -0.140. The summed E-state index contributed by atoms with van der Waals surface area (Å²) in [6.07, 6.45) is 0. The molecule has 0 aromatic heterocycles. The number of aliphatic hydroxyl groups excluding tert-OH is 1. The first kappa shape index (κ1) is 12.9. The lowest BCUT2D eigenvalue weighted by molar-refractivity contribution is 0.0963. The number of nitrogens with two attached hydrogens (primary N) is 1. The Morgan fingerprint density at radius 3 is 2.88 bits per heavy atom. The Kier molecular flexibility index (Phi) is 4.64. The molecule has 0 heterocycles. The van der Waals surface area contributed by atoms with Crippen LogP contribution in [0.5, 0.6) is 0 Å². The normalized spacial score (nSPS) is 12.2. The van der Waals surface area contributed by atoms with Crippen LogP contribution in [-0.4, -0.2) is 29.9 Å². The predicted octanol–water partition coefficient (Wildman–Crippen LogP) is 1.10. The largest absolute Gasteiger partial charge is 0.398 e. The van der Waals surface area contributed by atoms with Crippen LogP contribution in [0, 0.1) is 0 Å². The van der Waals surface area contributed by atoms with Gasteiger partial charge in [0.25, 0.3) is 5.91 Å². The number of carbonyl (C=O) groups excluding carboxylic acids is 1. The van der Waals surface area contributed by atoms with E-state index in [-0.39, 0.29) is 17.8 Å². The summed E-state index contributed by atoms with van der Waals surface area (Å²) in [7, 11) is 1.59. The Hall–Kier alpha value is -1.20. The van der Waals surface area contributed by atoms with Crippen molar-refractivity contribution in [2.45, 2.75) is 17.1 Å². The van der Waals surface area contributed by atoms with Crippen molar-refractivity contribution in [1.82, 2.24) is 5.32 Å². The van der Waals surface area contributed by atoms with Crippen LogP contribution in [0.3, 0.4) is 0 Å². The van der Waals surface area contributed by atoms with Crippen LogP contribution in [0.4, 0.5) is 5.69 Å². The van der Waals surface area contributed by atoms with E-state index in [1.807, 2.05) is 6.92 Å². The third-order valence-electron chi connectivity index (χ3n) is 2.09. The molecule has 1 unspecified atom stereocenters. The molecule has 0 radical (unpaired) electrons. The number of benzene rings is 1. The highest BCUT2D eigenvalue weighted by atomic mass is 32.2. The van der Waals surface area contributed by atoms with Crippen molar-refractivity contribution in [3.63, 3.8) is 0 Å². The SMILES string of the molecule is CNC(=O)c1ccc(N)c(SC(C)CO)c1. The summed E-state index contributed by atoms with van der Waals surface area (Å²) in [5, 5.41) is 11.6. The second kappa shape index (κ2) is 5.77. The Balaban J connectivity index is 2.94. The number of nitrogen functional groups attached to an aromatic ring is 1. The smallest absolute Gasteiger partial charge is 0.251 e. The monoisotopic (exact) mass is 240 g/mol. The van der Waals surface area contributed by atoms with Crippen molar-refractivity contribution in [1.29, 1.82) is 0 Å². The van der Waals surface area contributed by atoms with Crippen molar-refractivity contribution in [2.24, 2.45) is 0 Å². The number of amides is 1. The molecule has 0 saturated carbocycles. The van der Waals surface area contributed by atoms with Crippen LogP contribution in [0.1, 0.15) is 17.3 Å². The molecule has 1 amide bonds. The molecule has 0 aliphatic carbocycles. The molecule has 0 bridgehead atoms. The van der Waals surface area contributed by atoms with E-state index in [4.69, 9.17) is 10.8 Å². The molecule has 88 valence electrons. The molecule has 1 atom stereocenters. The first-order valence-corrected chi connectivity index (χ1v) is 5.85. The maximum Gasteiger partial charge on any atom is 0.251 e. The molecule has 4 nitrogen and oxygen atoms in total. The summed E-state index contributed by atoms with van der Waals surface area (Å²) in [4.78, 5) is 12.2. The average Bonchev–Trinajstić information content (AvgIpc) is 2.30. The van der Waals surface area contributed by atoms with Gasteiger partial charge in [-0.1, -0.05) is 6.92 Å². The van der Waals surface area contributed by atoms with Crippen LogP contribution in [0.15, 0.2) is 23.1 Å². The number of hydrogen-bond acceptors (Lipinski definition) is 4. The Morgan fingerprint density at radius 2 is 2.31 bits per heavy atom. The third kappa shape index (κ3) is 3.15. The summed E-state index contributed by atoms with van der Waals surface area (Å²) in [5.41, 5.74) is 7.00. The number of hydrogen-bond donors (Lipinski definition) is 3. The highest BCUT2D eigenvalue weighted by Crippen LogP contribution is 2.29. The molecule has 1 rings (SSSR count). The zero-order chi connectivity index (χ0) is 12.1. The van der Waals surface area contributed by atoms with Crippen LogP contribution >= 0.6 is 11.8 Å². The summed E-state index contributed by atoms with van der Waals surface area (Å²) >= 11 is 1.46. The highest BCUT2D eigenvalue weighted by molar-refractivity contribution is 8.00. The minimum Gasteiger partial charge on any atom is -0.398 e. The van der Waals surface area contributed by atoms with E-state index < -0.39 is 0 Å². The zero-order valence-electron chi connectivity index (χ0n) is 9.36. The quantitative estimate of drug-likeness (QED) is 0.544. The highest BCUT2D eigenvalue weighted by Gasteiger charge is 2.10. The van der Waals surface area contributed by atoms with E-state index in [0.717, 1.165) is 4.90 Å². The zero-order valence-corrected chi connectivity index (χ0v) is 10.2. The fraction of sp³-hybridized carbons (Fsp3) is 0.364. The van der Waals surface area contributed by atoms with Crippen LogP contribution in [-0.2, 0) is 0 Å². The van der Waals surface area contributed by atoms with E-state index in [9.17, 15) is 4.79 Å². The maximum absolute atomic E-state index is 11.4. The van der Waals surface area contributed by atoms with Gasteiger partial charge in [0, 0.05) is 28.4 Å². The summed E-state index contributed by atoms with van der Waals surface area (Å²) in [6, 6.07) is 5.13. The van der Waals surface area contributed by atoms with Gasteiger partial charge in [0.1, 0.15) is 0 Å². The molecular formula is C11H16N2O2S. The van der Waals surface area contributed by atoms with Crippen molar-refractivity contribution < 1.29 is 9.90 Å². The molecule has 0 saturated heterocycles. The van der Waals surface area contributed by atoms with E-state index in [0.29, 0.717) is 11.3 Å². The molecule has 0 aliphatic rings. The van der Waals surface area contributed by atoms with Crippen molar-refractivity contribution in [3.8, 4) is 0 Å². The van der Waals surface area contributed by atoms with Crippen molar-refractivity contribution in [2.75, 3.05) is 19.4 Å². The number of anilines is 1. The van der Waals surface area contributed by atoms with Gasteiger partial charge < -0.3 is 16.2 Å². The van der Waals surface area contributed by atoms with E-state index in [1.165, 1.54) is 11.8 Å². The lowest BCUT2D eigenvalue weighted by Crippen LogP contribution is -2.17. The molecule has 0 spiro atoms. The average molecular weight is 240 g/mol. The van der Waals surface area contributed by atoms with Crippen LogP contribution in [0.2, 0.25) is 0 Å². The van der Waals surface area contributed by atoms with Gasteiger partial charge in [-0.2, -0.15) is 0 Å². The number of thioether (sulfide) groups is 1. The molecule has 1 aromatic carbocycles. The van der Waals surface area contributed by atoms with Crippen molar-refractivity contribution >= 4 is 23.4 Å². The fourth-order valence-electron chi connectivity index (χ4n) is 1.18. The third-order valence-corrected chi connectivity index (χ3v) is 3.25. The fourth-order valence-corrected chi connectivity index (χ4v) is 2.08. The second-order valence-corrected chi connectivity index (χ2v) is 4.92. The summed E-state index contributed by atoms with van der Waals surface area (Å²) < 4.78 is 0. The molecular weight excluding hydrogens is 224 g/mol. The molecule has 0 fully saturated rings. The van der Waals surface area contributed by atoms with Gasteiger partial charge in [0.15, 0.2) is 0 Å². The number of aliphatic hydroxyl groups is 1. The maximum atomic E-state index is 11.4. The molecule has 1 aromatic rings. The Bertz CT molecular complexity index is 382. The van der Waals surface area contributed by atoms with Gasteiger partial charge in [-0.3, -0.25) is 4.79 Å². The molecule has 16 heavy (non-hydrogen) atoms. The lowest BCUT2D eigenvalue weighted by Gasteiger charge is -2.11. The van der Waals surface area contributed by atoms with Gasteiger partial charge in [-0.05, 0) is 18.2 Å². The predicted molar refractivity (Wildman–Crippen MR) is 66.6 cm³/mol. The second-order valence-electron chi connectivity index (χ2n) is 3.44. The van der Waals surface area contributed by atoms with Gasteiger partial charge in [-0.15, -0.1) is 11.8 Å². The minimum absolute atomic E-state index is 0.0576. The minimum atomic E-state index is -0.140. The van der Waals surface area contributed by atoms with E-state index >= 15 is 0 Å². The molecule has 5 heteroatoms. The first-order chi connectivity index (χ1) is 7.58. The van der Waals surface area contributed by atoms with Gasteiger partial charge >= 0.3 is 0 Å². The number of carbonyl (C=O) groups is 1. The van der Waals surface area contributed by atoms with Gasteiger partial charge in [-0.25, -0.2) is 0 Å². The Labute approximate surface area is 99.2 Å². The standard InChI is InChI=1S/C11H16N2O2S/c1-7(6-14)16-10-5-8(11(15)13-2)3-4-9(10)12/h3-5,7,14H,6,12H2,1-2H3,(H,13,15). The Morgan fingerprint density at radius 1 is 1.62 bits per heavy atom. The topological polar surface area (TPSA) is 75.4 Å². The molecule has 4 N–H and O–H groups in total. The van der Waals surface area contributed by atoms with E-state index in [1.54, 1.807) is 25.2 Å². The first-order valence-electron chi connectivity index (χ1n) is 4.97. The van der Waals surface area contributed by atoms with Crippen molar-refractivity contribution in [3.05, 3.63) is 23.8 Å². The van der Waals surface area contributed by atoms with E-state index in [2.05, 4.69) is 5.32 Å². The van der Waals surface area contributed by atoms with Crippen LogP contribution in [0.25, 0.3) is 0 Å². The van der Waals surface area contributed by atoms with Crippen LogP contribution < -0.4 is 11.1 Å².